The Labute approximate surface area is 70.2 Å². The van der Waals surface area contributed by atoms with Crippen LogP contribution >= 0.6 is 0 Å². The van der Waals surface area contributed by atoms with E-state index in [0.717, 1.165) is 0 Å². The van der Waals surface area contributed by atoms with Crippen LogP contribution in [0.2, 0.25) is 0 Å². The number of morpholine rings is 1. The zero-order valence-electron chi connectivity index (χ0n) is 6.67. The van der Waals surface area contributed by atoms with Crippen molar-refractivity contribution in [1.82, 2.24) is 10.2 Å². The number of hydrogen-bond donors (Lipinski definition) is 3. The van der Waals surface area contributed by atoms with Crippen LogP contribution in [0.1, 0.15) is 0 Å². The number of nitrogens with two attached hydrogens (primary N) is 1. The zero-order valence-corrected chi connectivity index (χ0v) is 6.67. The molecule has 1 aliphatic rings. The lowest BCUT2D eigenvalue weighted by Crippen LogP contribution is -2.49. The second kappa shape index (κ2) is 3.91. The van der Waals surface area contributed by atoms with Gasteiger partial charge < -0.3 is 15.4 Å². The summed E-state index contributed by atoms with van der Waals surface area (Å²) in [6.07, 6.45) is 0. The van der Waals surface area contributed by atoms with Crippen molar-refractivity contribution >= 4 is 12.0 Å². The van der Waals surface area contributed by atoms with Crippen LogP contribution in [-0.4, -0.2) is 43.2 Å². The Balaban J connectivity index is 2.34. The van der Waals surface area contributed by atoms with E-state index in [1.807, 2.05) is 0 Å². The van der Waals surface area contributed by atoms with E-state index >= 15 is 0 Å². The molecule has 0 aromatic rings. The highest BCUT2D eigenvalue weighted by molar-refractivity contribution is 5.93. The van der Waals surface area contributed by atoms with Crippen molar-refractivity contribution in [1.29, 1.82) is 5.41 Å². The van der Waals surface area contributed by atoms with Crippen LogP contribution in [0.3, 0.4) is 0 Å². The van der Waals surface area contributed by atoms with Gasteiger partial charge in [0.15, 0.2) is 5.96 Å². The average Bonchev–Trinajstić information content (AvgIpc) is 2.05. The second-order valence-electron chi connectivity index (χ2n) is 2.44. The Morgan fingerprint density at radius 3 is 2.58 bits per heavy atom. The van der Waals surface area contributed by atoms with Crippen LogP contribution in [0.15, 0.2) is 0 Å². The smallest absolute Gasteiger partial charge is 0.318 e. The van der Waals surface area contributed by atoms with E-state index in [9.17, 15) is 4.79 Å². The van der Waals surface area contributed by atoms with Crippen molar-refractivity contribution in [3.63, 3.8) is 0 Å². The van der Waals surface area contributed by atoms with Crippen LogP contribution in [0.4, 0.5) is 4.79 Å². The molecule has 0 aliphatic carbocycles. The number of ether oxygens (including phenoxy) is 1. The van der Waals surface area contributed by atoms with Gasteiger partial charge in [-0.3, -0.25) is 10.7 Å². The van der Waals surface area contributed by atoms with Gasteiger partial charge in [0.05, 0.1) is 13.2 Å². The van der Waals surface area contributed by atoms with Gasteiger partial charge in [0.25, 0.3) is 0 Å². The van der Waals surface area contributed by atoms with Gasteiger partial charge in [0.2, 0.25) is 0 Å². The average molecular weight is 172 g/mol. The summed E-state index contributed by atoms with van der Waals surface area (Å²) in [4.78, 5) is 12.1. The third kappa shape index (κ3) is 2.39. The molecule has 1 saturated heterocycles. The zero-order chi connectivity index (χ0) is 8.97. The predicted molar refractivity (Wildman–Crippen MR) is 42.8 cm³/mol. The number of amides is 2. The highest BCUT2D eigenvalue weighted by Gasteiger charge is 2.14. The van der Waals surface area contributed by atoms with Crippen LogP contribution in [0, 0.1) is 5.41 Å². The highest BCUT2D eigenvalue weighted by Crippen LogP contribution is 1.95. The summed E-state index contributed by atoms with van der Waals surface area (Å²) < 4.78 is 5.07. The maximum atomic E-state index is 10.4. The lowest BCUT2D eigenvalue weighted by Gasteiger charge is -2.28. The summed E-state index contributed by atoms with van der Waals surface area (Å²) in [7, 11) is 0. The Morgan fingerprint density at radius 2 is 2.08 bits per heavy atom. The molecule has 1 fully saturated rings. The Bertz CT molecular complexity index is 188. The molecule has 1 aliphatic heterocycles. The standard InChI is InChI=1S/C6H12N4O2/c7-5(9-6(8)11)10-1-3-12-4-2-10/h1-4H2,(H4,7,8,9,11). The Hall–Kier alpha value is -1.30. The van der Waals surface area contributed by atoms with Gasteiger partial charge in [-0.05, 0) is 0 Å². The van der Waals surface area contributed by atoms with Gasteiger partial charge >= 0.3 is 6.03 Å². The molecular weight excluding hydrogens is 160 g/mol. The minimum absolute atomic E-state index is 0.0470. The largest absolute Gasteiger partial charge is 0.378 e. The van der Waals surface area contributed by atoms with E-state index in [1.165, 1.54) is 0 Å². The number of guanidine groups is 1. The van der Waals surface area contributed by atoms with Crippen LogP contribution in [0.25, 0.3) is 0 Å². The number of primary amides is 1. The summed E-state index contributed by atoms with van der Waals surface area (Å²) in [5, 5.41) is 9.58. The third-order valence-electron chi connectivity index (χ3n) is 1.57. The first-order chi connectivity index (χ1) is 5.70. The lowest BCUT2D eigenvalue weighted by molar-refractivity contribution is 0.0664. The molecule has 6 nitrogen and oxygen atoms in total. The molecule has 0 bridgehead atoms. The molecule has 2 amide bonds. The number of urea groups is 1. The maximum Gasteiger partial charge on any atom is 0.318 e. The van der Waals surface area contributed by atoms with Crippen molar-refractivity contribution in [2.75, 3.05) is 26.3 Å². The summed E-state index contributed by atoms with van der Waals surface area (Å²) in [6, 6.07) is -0.702. The molecule has 12 heavy (non-hydrogen) atoms. The first kappa shape index (κ1) is 8.79. The van der Waals surface area contributed by atoms with Gasteiger partial charge in [-0.2, -0.15) is 0 Å². The Morgan fingerprint density at radius 1 is 1.50 bits per heavy atom. The van der Waals surface area contributed by atoms with Gasteiger partial charge in [0.1, 0.15) is 0 Å². The van der Waals surface area contributed by atoms with Crippen molar-refractivity contribution in [2.45, 2.75) is 0 Å². The molecule has 0 unspecified atom stereocenters. The van der Waals surface area contributed by atoms with E-state index < -0.39 is 6.03 Å². The minimum Gasteiger partial charge on any atom is -0.378 e. The normalized spacial score (nSPS) is 17.2. The van der Waals surface area contributed by atoms with E-state index in [0.29, 0.717) is 26.3 Å². The minimum atomic E-state index is -0.702. The summed E-state index contributed by atoms with van der Waals surface area (Å²) in [5.41, 5.74) is 4.85. The summed E-state index contributed by atoms with van der Waals surface area (Å²) in [5.74, 6) is 0.0470. The number of rotatable bonds is 0. The number of carbonyl (C=O) groups excluding carboxylic acids is 1. The van der Waals surface area contributed by atoms with Crippen molar-refractivity contribution in [2.24, 2.45) is 5.73 Å². The van der Waals surface area contributed by atoms with Crippen molar-refractivity contribution in [3.8, 4) is 0 Å². The van der Waals surface area contributed by atoms with Gasteiger partial charge in [-0.15, -0.1) is 0 Å². The molecule has 0 radical (unpaired) electrons. The van der Waals surface area contributed by atoms with Crippen LogP contribution in [0.5, 0.6) is 0 Å². The SMILES string of the molecule is N=C(NC(N)=O)N1CCOCC1. The van der Waals surface area contributed by atoms with E-state index in [2.05, 4.69) is 5.32 Å². The summed E-state index contributed by atoms with van der Waals surface area (Å²) >= 11 is 0. The molecule has 0 atom stereocenters. The van der Waals surface area contributed by atoms with Crippen molar-refractivity contribution < 1.29 is 9.53 Å². The molecule has 6 heteroatoms. The number of carbonyl (C=O) groups is 1. The van der Waals surface area contributed by atoms with Crippen LogP contribution < -0.4 is 11.1 Å². The van der Waals surface area contributed by atoms with E-state index in [4.69, 9.17) is 15.9 Å². The third-order valence-corrected chi connectivity index (χ3v) is 1.57. The lowest BCUT2D eigenvalue weighted by atomic mass is 10.4. The van der Waals surface area contributed by atoms with Gasteiger partial charge in [0, 0.05) is 13.1 Å². The topological polar surface area (TPSA) is 91.4 Å². The fourth-order valence-corrected chi connectivity index (χ4v) is 0.983. The first-order valence-corrected chi connectivity index (χ1v) is 3.68. The second-order valence-corrected chi connectivity index (χ2v) is 2.44. The van der Waals surface area contributed by atoms with E-state index in [-0.39, 0.29) is 5.96 Å². The summed E-state index contributed by atoms with van der Waals surface area (Å²) in [6.45, 7) is 2.42. The molecule has 68 valence electrons. The highest BCUT2D eigenvalue weighted by atomic mass is 16.5. The predicted octanol–water partition coefficient (Wildman–Crippen LogP) is -1.08. The molecule has 0 saturated carbocycles. The molecule has 1 heterocycles. The first-order valence-electron chi connectivity index (χ1n) is 3.68. The van der Waals surface area contributed by atoms with Crippen molar-refractivity contribution in [3.05, 3.63) is 0 Å². The fourth-order valence-electron chi connectivity index (χ4n) is 0.983. The molecular formula is C6H12N4O2. The van der Waals surface area contributed by atoms with Crippen LogP contribution in [-0.2, 0) is 4.74 Å². The number of hydrogen-bond acceptors (Lipinski definition) is 3. The number of nitrogens with zero attached hydrogens (tertiary/aromatic N) is 1. The van der Waals surface area contributed by atoms with Gasteiger partial charge in [-0.25, -0.2) is 4.79 Å². The maximum absolute atomic E-state index is 10.4. The monoisotopic (exact) mass is 172 g/mol. The fraction of sp³-hybridized carbons (Fsp3) is 0.667. The molecule has 0 aromatic carbocycles. The molecule has 4 N–H and O–H groups in total. The quantitative estimate of drug-likeness (QED) is 0.320. The molecule has 0 aromatic heterocycles. The Kier molecular flexibility index (Phi) is 2.87. The molecule has 0 spiro atoms. The van der Waals surface area contributed by atoms with E-state index in [1.54, 1.807) is 4.90 Å². The number of nitrogens with one attached hydrogen (secondary N) is 2. The molecule has 1 rings (SSSR count). The van der Waals surface area contributed by atoms with Gasteiger partial charge in [-0.1, -0.05) is 0 Å².